The van der Waals surface area contributed by atoms with Crippen LogP contribution in [0.5, 0.6) is 0 Å². The molecule has 3 aromatic rings. The molecule has 5 nitrogen and oxygen atoms in total. The van der Waals surface area contributed by atoms with E-state index in [0.717, 1.165) is 15.2 Å². The summed E-state index contributed by atoms with van der Waals surface area (Å²) in [5.74, 6) is -1.56. The SMILES string of the molecule is O=C1CC(C(=O)NCCc2nc3ccccc3s2)c2ccc(F)cc2N1. The summed E-state index contributed by atoms with van der Waals surface area (Å²) in [6.07, 6.45) is 0.686. The molecule has 1 aliphatic heterocycles. The molecule has 1 unspecified atom stereocenters. The number of halogens is 1. The second-order valence-corrected chi connectivity index (χ2v) is 7.27. The number of hydrogen-bond acceptors (Lipinski definition) is 4. The van der Waals surface area contributed by atoms with E-state index >= 15 is 0 Å². The minimum absolute atomic E-state index is 0.0611. The van der Waals surface area contributed by atoms with Crippen molar-refractivity contribution in [2.24, 2.45) is 0 Å². The lowest BCUT2D eigenvalue weighted by Crippen LogP contribution is -2.36. The Morgan fingerprint density at radius 3 is 3.00 bits per heavy atom. The van der Waals surface area contributed by atoms with Crippen LogP contribution < -0.4 is 10.6 Å². The molecule has 1 atom stereocenters. The number of thiazole rings is 1. The van der Waals surface area contributed by atoms with Crippen molar-refractivity contribution in [1.29, 1.82) is 0 Å². The zero-order chi connectivity index (χ0) is 18.1. The molecule has 132 valence electrons. The van der Waals surface area contributed by atoms with E-state index in [4.69, 9.17) is 0 Å². The van der Waals surface area contributed by atoms with Crippen molar-refractivity contribution < 1.29 is 14.0 Å². The molecule has 4 rings (SSSR count). The summed E-state index contributed by atoms with van der Waals surface area (Å²) in [4.78, 5) is 28.9. The van der Waals surface area contributed by atoms with E-state index in [2.05, 4.69) is 15.6 Å². The van der Waals surface area contributed by atoms with Crippen LogP contribution in [0.1, 0.15) is 22.9 Å². The Hall–Kier alpha value is -2.80. The summed E-state index contributed by atoms with van der Waals surface area (Å²) in [7, 11) is 0. The third-order valence-corrected chi connectivity index (χ3v) is 5.44. The van der Waals surface area contributed by atoms with Gasteiger partial charge in [-0.1, -0.05) is 18.2 Å². The largest absolute Gasteiger partial charge is 0.355 e. The summed E-state index contributed by atoms with van der Waals surface area (Å²) >= 11 is 1.61. The highest BCUT2D eigenvalue weighted by Gasteiger charge is 2.30. The molecule has 2 N–H and O–H groups in total. The summed E-state index contributed by atoms with van der Waals surface area (Å²) in [5.41, 5.74) is 1.97. The van der Waals surface area contributed by atoms with E-state index in [1.807, 2.05) is 24.3 Å². The fraction of sp³-hybridized carbons (Fsp3) is 0.211. The maximum absolute atomic E-state index is 13.4. The van der Waals surface area contributed by atoms with Crippen molar-refractivity contribution in [2.75, 3.05) is 11.9 Å². The number of aromatic nitrogens is 1. The van der Waals surface area contributed by atoms with Gasteiger partial charge in [-0.05, 0) is 29.8 Å². The van der Waals surface area contributed by atoms with Crippen LogP contribution >= 0.6 is 11.3 Å². The van der Waals surface area contributed by atoms with Gasteiger partial charge in [-0.3, -0.25) is 9.59 Å². The molecule has 7 heteroatoms. The zero-order valence-corrected chi connectivity index (χ0v) is 14.6. The third kappa shape index (κ3) is 3.30. The normalized spacial score (nSPS) is 16.2. The molecule has 0 spiro atoms. The molecule has 2 amide bonds. The molecule has 1 aliphatic rings. The van der Waals surface area contributed by atoms with Crippen LogP contribution in [0.25, 0.3) is 10.2 Å². The second-order valence-electron chi connectivity index (χ2n) is 6.15. The first-order valence-electron chi connectivity index (χ1n) is 8.31. The average Bonchev–Trinajstić information content (AvgIpc) is 3.03. The van der Waals surface area contributed by atoms with Gasteiger partial charge in [0.05, 0.1) is 21.1 Å². The Kier molecular flexibility index (Phi) is 4.38. The Bertz CT molecular complexity index is 968. The summed E-state index contributed by atoms with van der Waals surface area (Å²) < 4.78 is 14.5. The molecule has 0 saturated heterocycles. The zero-order valence-electron chi connectivity index (χ0n) is 13.8. The fourth-order valence-electron chi connectivity index (χ4n) is 3.11. The van der Waals surface area contributed by atoms with Crippen molar-refractivity contribution in [1.82, 2.24) is 10.3 Å². The minimum atomic E-state index is -0.602. The van der Waals surface area contributed by atoms with E-state index in [9.17, 15) is 14.0 Å². The predicted molar refractivity (Wildman–Crippen MR) is 98.7 cm³/mol. The Balaban J connectivity index is 1.43. The molecule has 0 bridgehead atoms. The van der Waals surface area contributed by atoms with E-state index in [1.165, 1.54) is 12.1 Å². The van der Waals surface area contributed by atoms with Crippen LogP contribution in [0, 0.1) is 5.82 Å². The number of carbonyl (C=O) groups excluding carboxylic acids is 2. The lowest BCUT2D eigenvalue weighted by atomic mass is 9.89. The predicted octanol–water partition coefficient (Wildman–Crippen LogP) is 3.22. The number of rotatable bonds is 4. The van der Waals surface area contributed by atoms with Crippen LogP contribution in [0.2, 0.25) is 0 Å². The number of anilines is 1. The Morgan fingerprint density at radius 2 is 2.15 bits per heavy atom. The highest BCUT2D eigenvalue weighted by Crippen LogP contribution is 2.32. The van der Waals surface area contributed by atoms with Crippen LogP contribution in [0.4, 0.5) is 10.1 Å². The fourth-order valence-corrected chi connectivity index (χ4v) is 4.08. The van der Waals surface area contributed by atoms with Gasteiger partial charge in [-0.25, -0.2) is 9.37 Å². The first-order valence-corrected chi connectivity index (χ1v) is 9.13. The standard InChI is InChI=1S/C19H16FN3O2S/c20-11-5-6-12-13(10-17(24)22-15(12)9-11)19(25)21-8-7-18-23-14-3-1-2-4-16(14)26-18/h1-6,9,13H,7-8,10H2,(H,21,25)(H,22,24). The molecule has 0 aliphatic carbocycles. The van der Waals surface area contributed by atoms with Crippen molar-refractivity contribution in [3.8, 4) is 0 Å². The molecule has 0 fully saturated rings. The number of nitrogens with zero attached hydrogens (tertiary/aromatic N) is 1. The maximum atomic E-state index is 13.4. The van der Waals surface area contributed by atoms with E-state index < -0.39 is 11.7 Å². The van der Waals surface area contributed by atoms with Crippen LogP contribution in [0.3, 0.4) is 0 Å². The Morgan fingerprint density at radius 1 is 1.31 bits per heavy atom. The molecule has 2 heterocycles. The molecular weight excluding hydrogens is 353 g/mol. The highest BCUT2D eigenvalue weighted by atomic mass is 32.1. The molecule has 2 aromatic carbocycles. The van der Waals surface area contributed by atoms with Gasteiger partial charge < -0.3 is 10.6 Å². The first kappa shape index (κ1) is 16.7. The number of hydrogen-bond donors (Lipinski definition) is 2. The lowest BCUT2D eigenvalue weighted by molar-refractivity contribution is -0.126. The number of carbonyl (C=O) groups is 2. The average molecular weight is 369 g/mol. The van der Waals surface area contributed by atoms with Gasteiger partial charge >= 0.3 is 0 Å². The van der Waals surface area contributed by atoms with Gasteiger partial charge in [0, 0.05) is 25.1 Å². The quantitative estimate of drug-likeness (QED) is 0.742. The highest BCUT2D eigenvalue weighted by molar-refractivity contribution is 7.18. The van der Waals surface area contributed by atoms with Crippen molar-refractivity contribution in [3.63, 3.8) is 0 Å². The molecule has 0 radical (unpaired) electrons. The van der Waals surface area contributed by atoms with Gasteiger partial charge in [0.2, 0.25) is 11.8 Å². The molecule has 26 heavy (non-hydrogen) atoms. The number of nitrogens with one attached hydrogen (secondary N) is 2. The molecular formula is C19H16FN3O2S. The summed E-state index contributed by atoms with van der Waals surface area (Å²) in [5, 5.41) is 6.44. The molecule has 1 aromatic heterocycles. The van der Waals surface area contributed by atoms with Gasteiger partial charge in [-0.2, -0.15) is 0 Å². The van der Waals surface area contributed by atoms with E-state index in [-0.39, 0.29) is 18.2 Å². The van der Waals surface area contributed by atoms with Crippen molar-refractivity contribution in [2.45, 2.75) is 18.8 Å². The number of amides is 2. The second kappa shape index (κ2) is 6.84. The topological polar surface area (TPSA) is 71.1 Å². The molecule has 0 saturated carbocycles. The number of benzene rings is 2. The van der Waals surface area contributed by atoms with E-state index in [0.29, 0.717) is 24.2 Å². The summed E-state index contributed by atoms with van der Waals surface area (Å²) in [6.45, 7) is 0.438. The summed E-state index contributed by atoms with van der Waals surface area (Å²) in [6, 6.07) is 12.0. The van der Waals surface area contributed by atoms with E-state index in [1.54, 1.807) is 17.4 Å². The smallest absolute Gasteiger partial charge is 0.228 e. The van der Waals surface area contributed by atoms with Crippen LogP contribution in [-0.2, 0) is 16.0 Å². The Labute approximate surface area is 153 Å². The van der Waals surface area contributed by atoms with Gasteiger partial charge in [-0.15, -0.1) is 11.3 Å². The lowest BCUT2D eigenvalue weighted by Gasteiger charge is -2.24. The number of para-hydroxylation sites is 1. The monoisotopic (exact) mass is 369 g/mol. The minimum Gasteiger partial charge on any atom is -0.355 e. The number of fused-ring (bicyclic) bond motifs is 2. The van der Waals surface area contributed by atoms with Crippen molar-refractivity contribution in [3.05, 3.63) is 58.9 Å². The van der Waals surface area contributed by atoms with Crippen LogP contribution in [0.15, 0.2) is 42.5 Å². The van der Waals surface area contributed by atoms with Gasteiger partial charge in [0.15, 0.2) is 0 Å². The van der Waals surface area contributed by atoms with Crippen molar-refractivity contribution >= 4 is 39.1 Å². The van der Waals surface area contributed by atoms with Gasteiger partial charge in [0.1, 0.15) is 5.82 Å². The first-order chi connectivity index (χ1) is 12.6. The maximum Gasteiger partial charge on any atom is 0.228 e. The third-order valence-electron chi connectivity index (χ3n) is 4.35. The van der Waals surface area contributed by atoms with Gasteiger partial charge in [0.25, 0.3) is 0 Å². The van der Waals surface area contributed by atoms with Crippen LogP contribution in [-0.4, -0.2) is 23.3 Å².